The van der Waals surface area contributed by atoms with E-state index in [4.69, 9.17) is 0 Å². The molecule has 4 aromatic rings. The Hall–Kier alpha value is -2.14. The molecule has 4 rings (SSSR count). The highest BCUT2D eigenvalue weighted by Crippen LogP contribution is 2.26. The number of hydrogen-bond acceptors (Lipinski definition) is 1. The lowest BCUT2D eigenvalue weighted by molar-refractivity contribution is -0.708. The molecule has 0 aliphatic carbocycles. The number of halogens is 1. The van der Waals surface area contributed by atoms with Gasteiger partial charge in [0.1, 0.15) is 12.4 Å². The second-order valence-corrected chi connectivity index (χ2v) is 10.2. The minimum Gasteiger partial charge on any atom is -0.306 e. The quantitative estimate of drug-likeness (QED) is 0.355. The maximum Gasteiger partial charge on any atom is 0.330 e. The van der Waals surface area contributed by atoms with Crippen molar-refractivity contribution >= 4 is 27.0 Å². The molecule has 1 unspecified atom stereocenters. The number of pyridine rings is 2. The minimum absolute atomic E-state index is 0.130. The summed E-state index contributed by atoms with van der Waals surface area (Å²) >= 11 is 3.83. The zero-order valence-corrected chi connectivity index (χ0v) is 19.7. The van der Waals surface area contributed by atoms with Crippen LogP contribution in [0.25, 0.3) is 11.0 Å². The van der Waals surface area contributed by atoms with Gasteiger partial charge in [0.05, 0.1) is 24.1 Å². The van der Waals surface area contributed by atoms with E-state index in [0.717, 1.165) is 17.0 Å². The van der Waals surface area contributed by atoms with Gasteiger partial charge in [0.2, 0.25) is 0 Å². The molecule has 4 nitrogen and oxygen atoms in total. The maximum absolute atomic E-state index is 4.60. The summed E-state index contributed by atoms with van der Waals surface area (Å²) in [4.78, 5) is 4.60. The molecule has 0 bridgehead atoms. The summed E-state index contributed by atoms with van der Waals surface area (Å²) in [6, 6.07) is 8.96. The Morgan fingerprint density at radius 2 is 1.90 bits per heavy atom. The van der Waals surface area contributed by atoms with E-state index in [-0.39, 0.29) is 5.41 Å². The fraction of sp³-hybridized carbons (Fsp3) is 0.417. The van der Waals surface area contributed by atoms with Crippen molar-refractivity contribution in [2.45, 2.75) is 65.3 Å². The second kappa shape index (κ2) is 7.28. The molecule has 5 heteroatoms. The Morgan fingerprint density at radius 1 is 1.14 bits per heavy atom. The van der Waals surface area contributed by atoms with Crippen LogP contribution in [0.3, 0.4) is 0 Å². The topological polar surface area (TPSA) is 25.6 Å². The first-order valence-corrected chi connectivity index (χ1v) is 11.1. The second-order valence-electron chi connectivity index (χ2n) is 9.45. The van der Waals surface area contributed by atoms with E-state index in [1.54, 1.807) is 0 Å². The molecule has 0 saturated heterocycles. The van der Waals surface area contributed by atoms with E-state index in [0.29, 0.717) is 11.8 Å². The molecule has 0 fully saturated rings. The third-order valence-electron chi connectivity index (χ3n) is 5.75. The van der Waals surface area contributed by atoms with Crippen LogP contribution in [0.4, 0.5) is 0 Å². The van der Waals surface area contributed by atoms with Crippen molar-refractivity contribution < 1.29 is 4.57 Å². The van der Waals surface area contributed by atoms with Gasteiger partial charge < -0.3 is 4.40 Å². The lowest BCUT2D eigenvalue weighted by Crippen LogP contribution is -2.35. The van der Waals surface area contributed by atoms with E-state index in [1.165, 1.54) is 22.2 Å². The van der Waals surface area contributed by atoms with Crippen LogP contribution in [-0.4, -0.2) is 13.8 Å². The van der Waals surface area contributed by atoms with E-state index >= 15 is 0 Å². The molecule has 0 saturated carbocycles. The Bertz CT molecular complexity index is 1180. The zero-order valence-electron chi connectivity index (χ0n) is 18.1. The van der Waals surface area contributed by atoms with Crippen LogP contribution < -0.4 is 4.57 Å². The third-order valence-corrected chi connectivity index (χ3v) is 6.59. The van der Waals surface area contributed by atoms with Gasteiger partial charge in [0.25, 0.3) is 0 Å². The predicted octanol–water partition coefficient (Wildman–Crippen LogP) is 5.86. The molecule has 0 N–H and O–H groups in total. The van der Waals surface area contributed by atoms with Crippen molar-refractivity contribution in [2.24, 2.45) is 0 Å². The number of fused-ring (bicyclic) bond motifs is 2. The van der Waals surface area contributed by atoms with Crippen LogP contribution in [-0.2, 0) is 12.0 Å². The lowest BCUT2D eigenvalue weighted by Gasteiger charge is -2.17. The normalized spacial score (nSPS) is 13.7. The highest BCUT2D eigenvalue weighted by atomic mass is 79.9. The number of nitrogens with zero attached hydrogens (tertiary/aromatic N) is 4. The summed E-state index contributed by atoms with van der Waals surface area (Å²) < 4.78 is 7.74. The van der Waals surface area contributed by atoms with Gasteiger partial charge in [-0.15, -0.1) is 0 Å². The molecular weight excluding hydrogens is 424 g/mol. The van der Waals surface area contributed by atoms with Gasteiger partial charge >= 0.3 is 4.73 Å². The fourth-order valence-corrected chi connectivity index (χ4v) is 4.43. The summed E-state index contributed by atoms with van der Waals surface area (Å²) in [5, 5.41) is 0. The molecule has 4 aromatic heterocycles. The van der Waals surface area contributed by atoms with Crippen LogP contribution in [0.5, 0.6) is 0 Å². The van der Waals surface area contributed by atoms with Crippen molar-refractivity contribution in [1.29, 1.82) is 0 Å². The largest absolute Gasteiger partial charge is 0.330 e. The molecule has 0 aliphatic rings. The fourth-order valence-electron chi connectivity index (χ4n) is 3.88. The van der Waals surface area contributed by atoms with Crippen LogP contribution in [0.1, 0.15) is 70.2 Å². The maximum atomic E-state index is 4.60. The van der Waals surface area contributed by atoms with Gasteiger partial charge in [-0.1, -0.05) is 47.6 Å². The third kappa shape index (κ3) is 3.73. The lowest BCUT2D eigenvalue weighted by atomic mass is 9.88. The van der Waals surface area contributed by atoms with Crippen LogP contribution >= 0.6 is 15.9 Å². The summed E-state index contributed by atoms with van der Waals surface area (Å²) in [5.41, 5.74) is 6.37. The first kappa shape index (κ1) is 20.1. The first-order chi connectivity index (χ1) is 13.6. The van der Waals surface area contributed by atoms with Crippen molar-refractivity contribution in [3.05, 3.63) is 70.7 Å². The van der Waals surface area contributed by atoms with Crippen LogP contribution in [0.15, 0.2) is 53.9 Å². The average Bonchev–Trinajstić information content (AvgIpc) is 3.22. The van der Waals surface area contributed by atoms with Gasteiger partial charge in [0.15, 0.2) is 5.52 Å². The van der Waals surface area contributed by atoms with Gasteiger partial charge in [-0.05, 0) is 40.7 Å². The summed E-state index contributed by atoms with van der Waals surface area (Å²) in [6.45, 7) is 14.3. The highest BCUT2D eigenvalue weighted by Gasteiger charge is 2.22. The Balaban J connectivity index is 1.67. The summed E-state index contributed by atoms with van der Waals surface area (Å²) in [6.07, 6.45) is 8.52. The predicted molar refractivity (Wildman–Crippen MR) is 122 cm³/mol. The summed E-state index contributed by atoms with van der Waals surface area (Å²) in [7, 11) is 0. The molecule has 1 atom stereocenters. The van der Waals surface area contributed by atoms with Gasteiger partial charge in [0, 0.05) is 28.0 Å². The molecule has 152 valence electrons. The standard InChI is InChI=1S/C24H30BrN4/c1-16(2)22-21-11-18(9-10-27(21)15-26-22)17(3)12-28-14-20-8-7-19(24(4,5)6)13-29(20)23(28)25/h7-11,13-17H,12H2,1-6H3/q+1. The van der Waals surface area contributed by atoms with E-state index in [2.05, 4.69) is 119 Å². The molecule has 29 heavy (non-hydrogen) atoms. The van der Waals surface area contributed by atoms with E-state index < -0.39 is 0 Å². The molecule has 0 amide bonds. The average molecular weight is 454 g/mol. The van der Waals surface area contributed by atoms with Crippen molar-refractivity contribution in [1.82, 2.24) is 13.8 Å². The van der Waals surface area contributed by atoms with Crippen LogP contribution in [0.2, 0.25) is 0 Å². The van der Waals surface area contributed by atoms with E-state index in [9.17, 15) is 0 Å². The molecule has 0 radical (unpaired) electrons. The van der Waals surface area contributed by atoms with Crippen molar-refractivity contribution in [3.8, 4) is 0 Å². The number of imidazole rings is 2. The van der Waals surface area contributed by atoms with Crippen molar-refractivity contribution in [3.63, 3.8) is 0 Å². The van der Waals surface area contributed by atoms with E-state index in [1.807, 2.05) is 6.33 Å². The van der Waals surface area contributed by atoms with Gasteiger partial charge in [-0.3, -0.25) is 0 Å². The number of aromatic nitrogens is 4. The monoisotopic (exact) mass is 453 g/mol. The minimum atomic E-state index is 0.130. The molecule has 0 spiro atoms. The highest BCUT2D eigenvalue weighted by molar-refractivity contribution is 9.10. The Kier molecular flexibility index (Phi) is 5.06. The number of hydrogen-bond donors (Lipinski definition) is 0. The summed E-state index contributed by atoms with van der Waals surface area (Å²) in [5.74, 6) is 0.804. The van der Waals surface area contributed by atoms with Gasteiger partial charge in [-0.25, -0.2) is 9.55 Å². The number of rotatable bonds is 4. The molecule has 4 heterocycles. The Morgan fingerprint density at radius 3 is 2.59 bits per heavy atom. The first-order valence-electron chi connectivity index (χ1n) is 10.3. The molecule has 0 aromatic carbocycles. The zero-order chi connectivity index (χ0) is 20.9. The SMILES string of the molecule is CC(C)c1ncn2ccc(C(C)C[n+]3cc4ccc(C(C)(C)C)cn4c3Br)cc12. The molecular formula is C24H30BrN4+. The van der Waals surface area contributed by atoms with Gasteiger partial charge in [-0.2, -0.15) is 4.40 Å². The Labute approximate surface area is 181 Å². The smallest absolute Gasteiger partial charge is 0.306 e. The van der Waals surface area contributed by atoms with Crippen LogP contribution in [0, 0.1) is 0 Å². The van der Waals surface area contributed by atoms with Crippen molar-refractivity contribution in [2.75, 3.05) is 0 Å². The molecule has 0 aliphatic heterocycles.